The van der Waals surface area contributed by atoms with Crippen LogP contribution in [0.1, 0.15) is 23.7 Å². The molecule has 0 saturated carbocycles. The first kappa shape index (κ1) is 14.3. The van der Waals surface area contributed by atoms with Crippen LogP contribution in [0.3, 0.4) is 0 Å². The van der Waals surface area contributed by atoms with Crippen LogP contribution in [-0.4, -0.2) is 10.9 Å². The van der Waals surface area contributed by atoms with Crippen molar-refractivity contribution in [3.8, 4) is 5.75 Å². The largest absolute Gasteiger partial charge is 0.508 e. The molecular formula is C17H16O2S. The normalized spacial score (nSPS) is 9.85. The van der Waals surface area contributed by atoms with Crippen molar-refractivity contribution in [2.24, 2.45) is 0 Å². The zero-order chi connectivity index (χ0) is 14.4. The molecule has 1 heterocycles. The summed E-state index contributed by atoms with van der Waals surface area (Å²) in [4.78, 5) is 11.5. The topological polar surface area (TPSA) is 37.3 Å². The second-order valence-electron chi connectivity index (χ2n) is 4.26. The first-order valence-corrected chi connectivity index (χ1v) is 7.33. The molecule has 3 aromatic rings. The van der Waals surface area contributed by atoms with Crippen molar-refractivity contribution in [1.29, 1.82) is 0 Å². The van der Waals surface area contributed by atoms with Crippen molar-refractivity contribution in [1.82, 2.24) is 0 Å². The molecule has 2 nitrogen and oxygen atoms in total. The van der Waals surface area contributed by atoms with Gasteiger partial charge in [0.1, 0.15) is 5.75 Å². The summed E-state index contributed by atoms with van der Waals surface area (Å²) in [7, 11) is 0. The van der Waals surface area contributed by atoms with Crippen LogP contribution < -0.4 is 0 Å². The van der Waals surface area contributed by atoms with E-state index in [4.69, 9.17) is 5.11 Å². The quantitative estimate of drug-likeness (QED) is 0.680. The van der Waals surface area contributed by atoms with Crippen LogP contribution in [0.4, 0.5) is 0 Å². The van der Waals surface area contributed by atoms with Gasteiger partial charge in [0.15, 0.2) is 5.78 Å². The fourth-order valence-electron chi connectivity index (χ4n) is 1.81. The number of Topliss-reactive ketones (excluding diaryl/α,β-unsaturated/α-hetero) is 1. The Kier molecular flexibility index (Phi) is 4.91. The Labute approximate surface area is 122 Å². The molecule has 0 aliphatic heterocycles. The molecule has 0 aliphatic carbocycles. The number of carbonyl (C=O) groups excluding carboxylic acids is 1. The third-order valence-electron chi connectivity index (χ3n) is 2.86. The maximum absolute atomic E-state index is 11.5. The van der Waals surface area contributed by atoms with Crippen molar-refractivity contribution < 1.29 is 9.90 Å². The molecular weight excluding hydrogens is 268 g/mol. The smallest absolute Gasteiger partial charge is 0.164 e. The van der Waals surface area contributed by atoms with Crippen LogP contribution in [0.2, 0.25) is 0 Å². The van der Waals surface area contributed by atoms with E-state index in [1.54, 1.807) is 35.6 Å². The van der Waals surface area contributed by atoms with Gasteiger partial charge in [0, 0.05) is 27.5 Å². The average molecular weight is 284 g/mol. The minimum Gasteiger partial charge on any atom is -0.508 e. The summed E-state index contributed by atoms with van der Waals surface area (Å²) in [6.07, 6.45) is 0.584. The minimum absolute atomic E-state index is 0.234. The Morgan fingerprint density at radius 3 is 2.30 bits per heavy atom. The third-order valence-corrected chi connectivity index (χ3v) is 3.82. The van der Waals surface area contributed by atoms with Crippen LogP contribution in [0.25, 0.3) is 10.1 Å². The minimum atomic E-state index is 0.234. The van der Waals surface area contributed by atoms with E-state index < -0.39 is 0 Å². The molecule has 0 unspecified atom stereocenters. The summed E-state index contributed by atoms with van der Waals surface area (Å²) in [5.41, 5.74) is 0.878. The molecule has 3 rings (SSSR count). The van der Waals surface area contributed by atoms with Gasteiger partial charge < -0.3 is 5.11 Å². The van der Waals surface area contributed by atoms with Crippen molar-refractivity contribution >= 4 is 27.2 Å². The maximum Gasteiger partial charge on any atom is 0.164 e. The second kappa shape index (κ2) is 6.87. The number of fused-ring (bicyclic) bond motifs is 1. The molecule has 20 heavy (non-hydrogen) atoms. The van der Waals surface area contributed by atoms with Crippen LogP contribution >= 0.6 is 11.3 Å². The van der Waals surface area contributed by atoms with Gasteiger partial charge in [-0.25, -0.2) is 0 Å². The molecule has 1 aromatic heterocycles. The van der Waals surface area contributed by atoms with Gasteiger partial charge in [-0.3, -0.25) is 4.79 Å². The number of ketones is 1. The first-order valence-electron chi connectivity index (χ1n) is 6.45. The van der Waals surface area contributed by atoms with E-state index in [9.17, 15) is 4.79 Å². The number of thiophene rings is 1. The van der Waals surface area contributed by atoms with Gasteiger partial charge in [-0.2, -0.15) is 0 Å². The lowest BCUT2D eigenvalue weighted by molar-refractivity contribution is 0.0990. The van der Waals surface area contributed by atoms with Gasteiger partial charge in [0.25, 0.3) is 0 Å². The van der Waals surface area contributed by atoms with Gasteiger partial charge >= 0.3 is 0 Å². The SMILES string of the molecule is CCC(=O)c1csc2ccccc12.Oc1ccccc1. The van der Waals surface area contributed by atoms with Gasteiger partial charge in [-0.05, 0) is 18.2 Å². The van der Waals surface area contributed by atoms with E-state index in [0.717, 1.165) is 10.9 Å². The zero-order valence-corrected chi connectivity index (χ0v) is 12.1. The Morgan fingerprint density at radius 2 is 1.70 bits per heavy atom. The van der Waals surface area contributed by atoms with Crippen molar-refractivity contribution in [3.05, 3.63) is 65.5 Å². The lowest BCUT2D eigenvalue weighted by atomic mass is 10.1. The summed E-state index contributed by atoms with van der Waals surface area (Å²) in [6.45, 7) is 1.90. The Morgan fingerprint density at radius 1 is 1.05 bits per heavy atom. The van der Waals surface area contributed by atoms with E-state index in [0.29, 0.717) is 12.2 Å². The highest BCUT2D eigenvalue weighted by molar-refractivity contribution is 7.17. The molecule has 1 N–H and O–H groups in total. The van der Waals surface area contributed by atoms with Crippen LogP contribution in [-0.2, 0) is 0 Å². The number of carbonyl (C=O) groups is 1. The van der Waals surface area contributed by atoms with Gasteiger partial charge in [-0.15, -0.1) is 11.3 Å². The van der Waals surface area contributed by atoms with Crippen molar-refractivity contribution in [3.63, 3.8) is 0 Å². The fourth-order valence-corrected chi connectivity index (χ4v) is 2.78. The van der Waals surface area contributed by atoms with E-state index in [2.05, 4.69) is 0 Å². The van der Waals surface area contributed by atoms with Gasteiger partial charge in [0.2, 0.25) is 0 Å². The molecule has 0 radical (unpaired) electrons. The number of para-hydroxylation sites is 1. The molecule has 2 aromatic carbocycles. The molecule has 0 fully saturated rings. The number of phenols is 1. The molecule has 3 heteroatoms. The molecule has 0 saturated heterocycles. The van der Waals surface area contributed by atoms with E-state index in [-0.39, 0.29) is 5.78 Å². The van der Waals surface area contributed by atoms with Crippen LogP contribution in [0.5, 0.6) is 5.75 Å². The van der Waals surface area contributed by atoms with E-state index in [1.165, 1.54) is 4.70 Å². The summed E-state index contributed by atoms with van der Waals surface area (Å²) in [5.74, 6) is 0.556. The lowest BCUT2D eigenvalue weighted by Crippen LogP contribution is -1.93. The number of hydrogen-bond donors (Lipinski definition) is 1. The average Bonchev–Trinajstić information content (AvgIpc) is 2.92. The lowest BCUT2D eigenvalue weighted by Gasteiger charge is -1.93. The zero-order valence-electron chi connectivity index (χ0n) is 11.2. The molecule has 0 amide bonds. The third kappa shape index (κ3) is 3.45. The van der Waals surface area contributed by atoms with E-state index >= 15 is 0 Å². The molecule has 0 spiro atoms. The second-order valence-corrected chi connectivity index (χ2v) is 5.17. The molecule has 102 valence electrons. The highest BCUT2D eigenvalue weighted by Crippen LogP contribution is 2.26. The number of hydrogen-bond acceptors (Lipinski definition) is 3. The summed E-state index contributed by atoms with van der Waals surface area (Å²) in [6, 6.07) is 16.7. The summed E-state index contributed by atoms with van der Waals surface area (Å²) in [5, 5.41) is 11.7. The van der Waals surface area contributed by atoms with Gasteiger partial charge in [0.05, 0.1) is 0 Å². The Balaban J connectivity index is 0.000000178. The number of phenolic OH excluding ortho intramolecular Hbond substituents is 1. The Bertz CT molecular complexity index is 686. The predicted octanol–water partition coefficient (Wildman–Crippen LogP) is 4.89. The van der Waals surface area contributed by atoms with Gasteiger partial charge in [-0.1, -0.05) is 43.3 Å². The standard InChI is InChI=1S/C11H10OS.C6H6O/c1-2-10(12)9-7-13-11-6-4-3-5-8(9)11;7-6-4-2-1-3-5-6/h3-7H,2H2,1H3;1-5,7H. The Hall–Kier alpha value is -2.13. The number of benzene rings is 2. The monoisotopic (exact) mass is 284 g/mol. The molecule has 0 atom stereocenters. The highest BCUT2D eigenvalue weighted by atomic mass is 32.1. The highest BCUT2D eigenvalue weighted by Gasteiger charge is 2.08. The molecule has 0 aliphatic rings. The predicted molar refractivity (Wildman–Crippen MR) is 84.6 cm³/mol. The fraction of sp³-hybridized carbons (Fsp3) is 0.118. The van der Waals surface area contributed by atoms with E-state index in [1.807, 2.05) is 42.6 Å². The first-order chi connectivity index (χ1) is 9.72. The van der Waals surface area contributed by atoms with Crippen LogP contribution in [0, 0.1) is 0 Å². The van der Waals surface area contributed by atoms with Crippen molar-refractivity contribution in [2.45, 2.75) is 13.3 Å². The van der Waals surface area contributed by atoms with Crippen LogP contribution in [0.15, 0.2) is 60.0 Å². The van der Waals surface area contributed by atoms with Crippen molar-refractivity contribution in [2.75, 3.05) is 0 Å². The summed E-state index contributed by atoms with van der Waals surface area (Å²) >= 11 is 1.64. The number of rotatable bonds is 2. The summed E-state index contributed by atoms with van der Waals surface area (Å²) < 4.78 is 1.19. The maximum atomic E-state index is 11.5. The number of aromatic hydroxyl groups is 1. The molecule has 0 bridgehead atoms.